The fourth-order valence-corrected chi connectivity index (χ4v) is 5.03. The summed E-state index contributed by atoms with van der Waals surface area (Å²) in [5.41, 5.74) is -3.10. The van der Waals surface area contributed by atoms with E-state index in [1.54, 1.807) is 18.2 Å². The van der Waals surface area contributed by atoms with Crippen LogP contribution in [0.15, 0.2) is 48.1 Å². The predicted molar refractivity (Wildman–Crippen MR) is 107 cm³/mol. The van der Waals surface area contributed by atoms with E-state index in [0.29, 0.717) is 19.0 Å². The Balaban J connectivity index is 2.41. The Hall–Kier alpha value is -2.27. The van der Waals surface area contributed by atoms with E-state index in [0.717, 1.165) is 12.8 Å². The highest BCUT2D eigenvalue weighted by Crippen LogP contribution is 2.60. The second kappa shape index (κ2) is 8.39. The standard InChI is InChI=1S/C23H30O5/c1-5-6-7-8-9-11-19(26)28-18-14-17(15-24)23(27,16-25)22(4)13-10-12-21(2,3)20(18)22/h5-9,11,14-16,18,20,27H,10,12-13H2,1-4H3/b6-5+,8-7+,11-9+/t18-,20+,22+,23-/m1/s1. The Labute approximate surface area is 166 Å². The number of ether oxygens (including phenoxy) is 1. The van der Waals surface area contributed by atoms with Crippen molar-refractivity contribution in [3.8, 4) is 0 Å². The van der Waals surface area contributed by atoms with Crippen molar-refractivity contribution in [1.29, 1.82) is 0 Å². The number of carbonyl (C=O) groups excluding carboxylic acids is 3. The molecule has 0 heterocycles. The summed E-state index contributed by atoms with van der Waals surface area (Å²) in [6, 6.07) is 0. The van der Waals surface area contributed by atoms with E-state index >= 15 is 0 Å². The first-order valence-corrected chi connectivity index (χ1v) is 9.69. The van der Waals surface area contributed by atoms with E-state index in [2.05, 4.69) is 13.8 Å². The number of carbonyl (C=O) groups is 3. The number of allylic oxidation sites excluding steroid dienone is 5. The van der Waals surface area contributed by atoms with Crippen molar-refractivity contribution >= 4 is 18.5 Å². The van der Waals surface area contributed by atoms with Crippen molar-refractivity contribution < 1.29 is 24.2 Å². The molecule has 0 amide bonds. The van der Waals surface area contributed by atoms with Crippen LogP contribution in [0.4, 0.5) is 0 Å². The Morgan fingerprint density at radius 3 is 2.43 bits per heavy atom. The molecule has 1 N–H and O–H groups in total. The van der Waals surface area contributed by atoms with Gasteiger partial charge in [0.15, 0.2) is 11.9 Å². The number of rotatable bonds is 6. The molecule has 0 aromatic carbocycles. The molecule has 28 heavy (non-hydrogen) atoms. The molecule has 152 valence electrons. The molecule has 0 spiro atoms. The molecule has 4 atom stereocenters. The normalized spacial score (nSPS) is 35.0. The maximum atomic E-state index is 12.3. The first-order chi connectivity index (χ1) is 13.2. The average molecular weight is 386 g/mol. The van der Waals surface area contributed by atoms with Gasteiger partial charge in [-0.3, -0.25) is 9.59 Å². The van der Waals surface area contributed by atoms with E-state index < -0.39 is 23.1 Å². The lowest BCUT2D eigenvalue weighted by atomic mass is 9.46. The van der Waals surface area contributed by atoms with Crippen LogP contribution in [0.5, 0.6) is 0 Å². The number of hydrogen-bond acceptors (Lipinski definition) is 5. The zero-order valence-electron chi connectivity index (χ0n) is 17.1. The number of fused-ring (bicyclic) bond motifs is 1. The molecule has 2 aliphatic carbocycles. The van der Waals surface area contributed by atoms with Gasteiger partial charge in [-0.05, 0) is 31.3 Å². The first-order valence-electron chi connectivity index (χ1n) is 9.69. The van der Waals surface area contributed by atoms with Gasteiger partial charge in [-0.2, -0.15) is 0 Å². The van der Waals surface area contributed by atoms with E-state index in [1.165, 1.54) is 12.2 Å². The van der Waals surface area contributed by atoms with E-state index in [-0.39, 0.29) is 16.9 Å². The third-order valence-corrected chi connectivity index (χ3v) is 6.34. The molecule has 2 aliphatic rings. The lowest BCUT2D eigenvalue weighted by molar-refractivity contribution is -0.184. The Bertz CT molecular complexity index is 742. The second-order valence-corrected chi connectivity index (χ2v) is 8.53. The summed E-state index contributed by atoms with van der Waals surface area (Å²) < 4.78 is 5.70. The molecular weight excluding hydrogens is 356 g/mol. The zero-order chi connectivity index (χ0) is 21.0. The molecule has 1 fully saturated rings. The first kappa shape index (κ1) is 22.0. The summed E-state index contributed by atoms with van der Waals surface area (Å²) in [7, 11) is 0. The van der Waals surface area contributed by atoms with Crippen LogP contribution in [0, 0.1) is 16.7 Å². The number of hydrogen-bond donors (Lipinski definition) is 1. The van der Waals surface area contributed by atoms with Crippen LogP contribution in [0.3, 0.4) is 0 Å². The van der Waals surface area contributed by atoms with Crippen LogP contribution in [-0.2, 0) is 19.1 Å². The lowest BCUT2D eigenvalue weighted by Crippen LogP contribution is -2.64. The minimum absolute atomic E-state index is 0.0336. The molecule has 5 nitrogen and oxygen atoms in total. The summed E-state index contributed by atoms with van der Waals surface area (Å²) >= 11 is 0. The molecule has 0 radical (unpaired) electrons. The molecule has 0 unspecified atom stereocenters. The number of aliphatic hydroxyl groups is 1. The largest absolute Gasteiger partial charge is 0.455 e. The molecule has 0 aromatic heterocycles. The van der Waals surface area contributed by atoms with Crippen LogP contribution >= 0.6 is 0 Å². The van der Waals surface area contributed by atoms with Crippen molar-refractivity contribution in [3.63, 3.8) is 0 Å². The van der Waals surface area contributed by atoms with Crippen LogP contribution in [0.1, 0.15) is 47.0 Å². The summed E-state index contributed by atoms with van der Waals surface area (Å²) in [5, 5.41) is 11.2. The third kappa shape index (κ3) is 3.81. The van der Waals surface area contributed by atoms with Crippen LogP contribution < -0.4 is 0 Å². The fourth-order valence-electron chi connectivity index (χ4n) is 5.03. The highest BCUT2D eigenvalue weighted by molar-refractivity contribution is 5.89. The SMILES string of the molecule is C/C=C/C=C/C=C/C(=O)O[C@@H]1C=C(C=O)[C@](O)(C=O)[C@@]2(C)CCCC(C)(C)[C@H]12. The molecular formula is C23H30O5. The zero-order valence-corrected chi connectivity index (χ0v) is 17.1. The summed E-state index contributed by atoms with van der Waals surface area (Å²) in [6.07, 6.45) is 14.1. The van der Waals surface area contributed by atoms with Crippen molar-refractivity contribution in [2.75, 3.05) is 0 Å². The average Bonchev–Trinajstić information content (AvgIpc) is 2.63. The molecule has 0 saturated heterocycles. The lowest BCUT2D eigenvalue weighted by Gasteiger charge is -2.59. The Kier molecular flexibility index (Phi) is 6.60. The minimum Gasteiger partial charge on any atom is -0.455 e. The van der Waals surface area contributed by atoms with E-state index in [9.17, 15) is 19.5 Å². The van der Waals surface area contributed by atoms with Gasteiger partial charge in [0, 0.05) is 23.0 Å². The van der Waals surface area contributed by atoms with E-state index in [1.807, 2.05) is 26.0 Å². The maximum Gasteiger partial charge on any atom is 0.331 e. The number of esters is 1. The topological polar surface area (TPSA) is 80.7 Å². The summed E-state index contributed by atoms with van der Waals surface area (Å²) in [4.78, 5) is 35.9. The highest BCUT2D eigenvalue weighted by Gasteiger charge is 2.64. The smallest absolute Gasteiger partial charge is 0.331 e. The second-order valence-electron chi connectivity index (χ2n) is 8.53. The fraction of sp³-hybridized carbons (Fsp3) is 0.522. The van der Waals surface area contributed by atoms with Gasteiger partial charge < -0.3 is 9.84 Å². The predicted octanol–water partition coefficient (Wildman–Crippen LogP) is 3.49. The van der Waals surface area contributed by atoms with Crippen molar-refractivity contribution in [3.05, 3.63) is 48.1 Å². The third-order valence-electron chi connectivity index (χ3n) is 6.34. The van der Waals surface area contributed by atoms with Crippen molar-refractivity contribution in [2.24, 2.45) is 16.7 Å². The van der Waals surface area contributed by atoms with Gasteiger partial charge in [0.25, 0.3) is 0 Å². The Morgan fingerprint density at radius 1 is 1.14 bits per heavy atom. The molecule has 0 bridgehead atoms. The van der Waals surface area contributed by atoms with Gasteiger partial charge in [0.2, 0.25) is 0 Å². The molecule has 2 rings (SSSR count). The Morgan fingerprint density at radius 2 is 1.82 bits per heavy atom. The van der Waals surface area contributed by atoms with Crippen LogP contribution in [-0.4, -0.2) is 35.4 Å². The molecule has 0 aliphatic heterocycles. The van der Waals surface area contributed by atoms with Gasteiger partial charge in [-0.1, -0.05) is 57.6 Å². The van der Waals surface area contributed by atoms with Crippen LogP contribution in [0.25, 0.3) is 0 Å². The molecule has 5 heteroatoms. The summed E-state index contributed by atoms with van der Waals surface area (Å²) in [6.45, 7) is 7.82. The molecule has 1 saturated carbocycles. The highest BCUT2D eigenvalue weighted by atomic mass is 16.5. The quantitative estimate of drug-likeness (QED) is 0.327. The minimum atomic E-state index is -1.88. The van der Waals surface area contributed by atoms with Crippen molar-refractivity contribution in [1.82, 2.24) is 0 Å². The van der Waals surface area contributed by atoms with Gasteiger partial charge in [0.1, 0.15) is 12.4 Å². The van der Waals surface area contributed by atoms with Crippen LogP contribution in [0.2, 0.25) is 0 Å². The van der Waals surface area contributed by atoms with Gasteiger partial charge >= 0.3 is 5.97 Å². The molecule has 0 aromatic rings. The van der Waals surface area contributed by atoms with Gasteiger partial charge in [-0.15, -0.1) is 0 Å². The van der Waals surface area contributed by atoms with Gasteiger partial charge in [0.05, 0.1) is 0 Å². The van der Waals surface area contributed by atoms with Gasteiger partial charge in [-0.25, -0.2) is 4.79 Å². The summed E-state index contributed by atoms with van der Waals surface area (Å²) in [5.74, 6) is -0.833. The van der Waals surface area contributed by atoms with Crippen molar-refractivity contribution in [2.45, 2.75) is 58.7 Å². The number of aldehydes is 2. The van der Waals surface area contributed by atoms with E-state index in [4.69, 9.17) is 4.74 Å². The monoisotopic (exact) mass is 386 g/mol. The maximum absolute atomic E-state index is 12.3.